The van der Waals surface area contributed by atoms with Crippen LogP contribution in [-0.4, -0.2) is 20.2 Å². The van der Waals surface area contributed by atoms with Crippen LogP contribution in [0.25, 0.3) is 21.7 Å². The van der Waals surface area contributed by atoms with E-state index in [1.807, 2.05) is 17.7 Å². The Labute approximate surface area is 113 Å². The molecule has 0 saturated heterocycles. The number of rotatable bonds is 2. The van der Waals surface area contributed by atoms with Gasteiger partial charge in [0, 0.05) is 10.8 Å². The van der Waals surface area contributed by atoms with E-state index in [9.17, 15) is 0 Å². The Kier molecular flexibility index (Phi) is 2.83. The second kappa shape index (κ2) is 4.37. The van der Waals surface area contributed by atoms with Gasteiger partial charge in [-0.2, -0.15) is 0 Å². The third-order valence-electron chi connectivity index (χ3n) is 2.61. The van der Waals surface area contributed by atoms with Gasteiger partial charge >= 0.3 is 0 Å². The fourth-order valence-corrected chi connectivity index (χ4v) is 3.13. The number of thiophene rings is 1. The largest absolute Gasteiger partial charge is 0.248 e. The summed E-state index contributed by atoms with van der Waals surface area (Å²) in [6.45, 7) is 6.20. The summed E-state index contributed by atoms with van der Waals surface area (Å²) in [5, 5.41) is 14.1. The molecule has 0 atom stereocenters. The minimum absolute atomic E-state index is 0.320. The van der Waals surface area contributed by atoms with Crippen LogP contribution in [0.5, 0.6) is 0 Å². The molecule has 0 saturated carbocycles. The van der Waals surface area contributed by atoms with E-state index in [-0.39, 0.29) is 0 Å². The van der Waals surface area contributed by atoms with Crippen molar-refractivity contribution in [2.45, 2.75) is 26.7 Å². The second-order valence-electron chi connectivity index (χ2n) is 4.38. The Morgan fingerprint density at radius 2 is 1.78 bits per heavy atom. The molecular weight excluding hydrogens is 264 g/mol. The Morgan fingerprint density at radius 3 is 2.39 bits per heavy atom. The van der Waals surface area contributed by atoms with Crippen molar-refractivity contribution in [3.8, 4) is 10.7 Å². The highest BCUT2D eigenvalue weighted by Gasteiger charge is 2.17. The van der Waals surface area contributed by atoms with Gasteiger partial charge in [-0.1, -0.05) is 25.2 Å². The maximum absolute atomic E-state index is 4.71. The van der Waals surface area contributed by atoms with E-state index in [4.69, 9.17) is 9.97 Å². The lowest BCUT2D eigenvalue weighted by atomic mass is 10.1. The molecule has 4 nitrogen and oxygen atoms in total. The van der Waals surface area contributed by atoms with Crippen LogP contribution < -0.4 is 0 Å². The highest BCUT2D eigenvalue weighted by Crippen LogP contribution is 2.30. The second-order valence-corrected chi connectivity index (χ2v) is 6.31. The molecule has 3 heterocycles. The normalized spacial score (nSPS) is 11.6. The Hall–Kier alpha value is -1.40. The van der Waals surface area contributed by atoms with Crippen molar-refractivity contribution in [2.24, 2.45) is 0 Å². The van der Waals surface area contributed by atoms with Crippen molar-refractivity contribution in [1.29, 1.82) is 0 Å². The SMILES string of the molecule is Cc1nnc(-c2nc3cscc3nc2C(C)C)s1. The molecule has 0 unspecified atom stereocenters. The molecule has 0 aliphatic rings. The minimum Gasteiger partial charge on any atom is -0.248 e. The Bertz CT molecular complexity index is 699. The topological polar surface area (TPSA) is 51.6 Å². The average molecular weight is 276 g/mol. The van der Waals surface area contributed by atoms with Gasteiger partial charge in [-0.05, 0) is 12.8 Å². The molecular formula is C12H12N4S2. The van der Waals surface area contributed by atoms with Gasteiger partial charge in [0.1, 0.15) is 16.2 Å². The van der Waals surface area contributed by atoms with Gasteiger partial charge in [0.2, 0.25) is 0 Å². The summed E-state index contributed by atoms with van der Waals surface area (Å²) in [7, 11) is 0. The highest BCUT2D eigenvalue weighted by molar-refractivity contribution is 7.14. The van der Waals surface area contributed by atoms with Crippen molar-refractivity contribution in [3.05, 3.63) is 21.5 Å². The molecule has 0 spiro atoms. The Morgan fingerprint density at radius 1 is 1.06 bits per heavy atom. The number of fused-ring (bicyclic) bond motifs is 1. The molecule has 0 N–H and O–H groups in total. The third-order valence-corrected chi connectivity index (χ3v) is 4.18. The van der Waals surface area contributed by atoms with E-state index in [0.29, 0.717) is 5.92 Å². The molecule has 3 aromatic rings. The zero-order valence-corrected chi connectivity index (χ0v) is 12.0. The molecule has 0 bridgehead atoms. The molecule has 0 aliphatic heterocycles. The van der Waals surface area contributed by atoms with E-state index >= 15 is 0 Å². The number of aryl methyl sites for hydroxylation is 1. The molecule has 92 valence electrons. The Balaban J connectivity index is 2.27. The molecule has 0 amide bonds. The van der Waals surface area contributed by atoms with Crippen LogP contribution in [0.15, 0.2) is 10.8 Å². The fourth-order valence-electron chi connectivity index (χ4n) is 1.76. The summed E-state index contributed by atoms with van der Waals surface area (Å²) < 4.78 is 0. The number of aromatic nitrogens is 4. The summed E-state index contributed by atoms with van der Waals surface area (Å²) >= 11 is 3.19. The predicted octanol–water partition coefficient (Wildman–Crippen LogP) is 3.64. The van der Waals surface area contributed by atoms with Crippen LogP contribution in [0.2, 0.25) is 0 Å². The van der Waals surface area contributed by atoms with Crippen molar-refractivity contribution in [1.82, 2.24) is 20.2 Å². The van der Waals surface area contributed by atoms with Crippen molar-refractivity contribution in [2.75, 3.05) is 0 Å². The molecule has 0 radical (unpaired) electrons. The van der Waals surface area contributed by atoms with Gasteiger partial charge in [-0.3, -0.25) is 0 Å². The zero-order chi connectivity index (χ0) is 12.7. The van der Waals surface area contributed by atoms with Crippen molar-refractivity contribution < 1.29 is 0 Å². The van der Waals surface area contributed by atoms with Crippen molar-refractivity contribution in [3.63, 3.8) is 0 Å². The lowest BCUT2D eigenvalue weighted by Gasteiger charge is -2.08. The molecule has 0 fully saturated rings. The van der Waals surface area contributed by atoms with Crippen LogP contribution in [0.1, 0.15) is 30.5 Å². The molecule has 3 rings (SSSR count). The van der Waals surface area contributed by atoms with Crippen molar-refractivity contribution >= 4 is 33.7 Å². The molecule has 18 heavy (non-hydrogen) atoms. The molecule has 0 aromatic carbocycles. The minimum atomic E-state index is 0.320. The summed E-state index contributed by atoms with van der Waals surface area (Å²) in [5.41, 5.74) is 3.78. The van der Waals surface area contributed by atoms with Gasteiger partial charge in [0.05, 0.1) is 11.2 Å². The van der Waals surface area contributed by atoms with Crippen LogP contribution in [-0.2, 0) is 0 Å². The van der Waals surface area contributed by atoms with E-state index in [1.165, 1.54) is 0 Å². The zero-order valence-electron chi connectivity index (χ0n) is 10.3. The first-order valence-corrected chi connectivity index (χ1v) is 7.45. The average Bonchev–Trinajstić information content (AvgIpc) is 2.94. The van der Waals surface area contributed by atoms with E-state index in [2.05, 4.69) is 24.0 Å². The van der Waals surface area contributed by atoms with Crippen LogP contribution in [0.3, 0.4) is 0 Å². The highest BCUT2D eigenvalue weighted by atomic mass is 32.1. The number of hydrogen-bond acceptors (Lipinski definition) is 6. The quantitative estimate of drug-likeness (QED) is 0.717. The lowest BCUT2D eigenvalue weighted by Crippen LogP contribution is -1.99. The van der Waals surface area contributed by atoms with E-state index in [1.54, 1.807) is 22.7 Å². The maximum Gasteiger partial charge on any atom is 0.168 e. The molecule has 6 heteroatoms. The molecule has 3 aromatic heterocycles. The van der Waals surface area contributed by atoms with Gasteiger partial charge in [-0.25, -0.2) is 9.97 Å². The maximum atomic E-state index is 4.71. The first kappa shape index (κ1) is 11.7. The smallest absolute Gasteiger partial charge is 0.168 e. The van der Waals surface area contributed by atoms with Crippen LogP contribution in [0, 0.1) is 6.92 Å². The summed E-state index contributed by atoms with van der Waals surface area (Å²) in [6, 6.07) is 0. The van der Waals surface area contributed by atoms with Gasteiger partial charge in [-0.15, -0.1) is 21.5 Å². The fraction of sp³-hybridized carbons (Fsp3) is 0.333. The summed E-state index contributed by atoms with van der Waals surface area (Å²) in [6.07, 6.45) is 0. The molecule has 0 aliphatic carbocycles. The third kappa shape index (κ3) is 1.91. The van der Waals surface area contributed by atoms with Gasteiger partial charge in [0.15, 0.2) is 5.01 Å². The predicted molar refractivity (Wildman–Crippen MR) is 75.1 cm³/mol. The number of hydrogen-bond donors (Lipinski definition) is 0. The summed E-state index contributed by atoms with van der Waals surface area (Å²) in [5.74, 6) is 0.320. The van der Waals surface area contributed by atoms with Crippen LogP contribution in [0.4, 0.5) is 0 Å². The van der Waals surface area contributed by atoms with E-state index < -0.39 is 0 Å². The standard InChI is InChI=1S/C12H12N4S2/c1-6(2)10-11(12-16-15-7(3)18-12)14-9-5-17-4-8(9)13-10/h4-6H,1-3H3. The monoisotopic (exact) mass is 276 g/mol. The summed E-state index contributed by atoms with van der Waals surface area (Å²) in [4.78, 5) is 9.40. The lowest BCUT2D eigenvalue weighted by molar-refractivity contribution is 0.824. The first-order chi connectivity index (χ1) is 8.65. The van der Waals surface area contributed by atoms with E-state index in [0.717, 1.165) is 32.4 Å². The van der Waals surface area contributed by atoms with Gasteiger partial charge in [0.25, 0.3) is 0 Å². The van der Waals surface area contributed by atoms with Crippen LogP contribution >= 0.6 is 22.7 Å². The van der Waals surface area contributed by atoms with Gasteiger partial charge < -0.3 is 0 Å². The first-order valence-electron chi connectivity index (χ1n) is 5.69. The number of nitrogens with zero attached hydrogens (tertiary/aromatic N) is 4.